The fourth-order valence-electron chi connectivity index (χ4n) is 1.44. The first-order chi connectivity index (χ1) is 6.79. The summed E-state index contributed by atoms with van der Waals surface area (Å²) in [5.74, 6) is 0. The number of rotatable bonds is 5. The maximum atomic E-state index is 5.29. The zero-order valence-corrected chi connectivity index (χ0v) is 9.38. The first-order valence-corrected chi connectivity index (χ1v) is 5.43. The van der Waals surface area contributed by atoms with Crippen LogP contribution in [0, 0.1) is 0 Å². The van der Waals surface area contributed by atoms with Crippen LogP contribution in [0.4, 0.5) is 0 Å². The fraction of sp³-hybridized carbons (Fsp3) is 0.818. The Balaban J connectivity index is 1.95. The van der Waals surface area contributed by atoms with Crippen molar-refractivity contribution in [3.05, 3.63) is 11.6 Å². The second-order valence-corrected chi connectivity index (χ2v) is 3.94. The first-order valence-electron chi connectivity index (χ1n) is 5.43. The summed E-state index contributed by atoms with van der Waals surface area (Å²) >= 11 is 0. The Kier molecular flexibility index (Phi) is 5.83. The largest absolute Gasteiger partial charge is 0.379 e. The van der Waals surface area contributed by atoms with Gasteiger partial charge in [0.2, 0.25) is 0 Å². The monoisotopic (exact) mass is 198 g/mol. The van der Waals surface area contributed by atoms with Gasteiger partial charge in [0.25, 0.3) is 0 Å². The Morgan fingerprint density at radius 2 is 2.07 bits per heavy atom. The number of nitrogens with one attached hydrogen (secondary N) is 1. The standard InChI is InChI=1S/C11H22N2O/c1-11(2)3-4-12-5-6-13-7-9-14-10-8-13/h3,12H,4-10H2,1-2H3. The van der Waals surface area contributed by atoms with Crippen molar-refractivity contribution in [3.8, 4) is 0 Å². The van der Waals surface area contributed by atoms with Gasteiger partial charge in [-0.25, -0.2) is 0 Å². The smallest absolute Gasteiger partial charge is 0.0594 e. The lowest BCUT2D eigenvalue weighted by Crippen LogP contribution is -2.40. The number of nitrogens with zero attached hydrogens (tertiary/aromatic N) is 1. The molecule has 0 atom stereocenters. The normalized spacial score (nSPS) is 18.1. The van der Waals surface area contributed by atoms with Crippen LogP contribution in [0.2, 0.25) is 0 Å². The van der Waals surface area contributed by atoms with Crippen molar-refractivity contribution in [3.63, 3.8) is 0 Å². The van der Waals surface area contributed by atoms with E-state index in [9.17, 15) is 0 Å². The summed E-state index contributed by atoms with van der Waals surface area (Å²) in [6, 6.07) is 0. The molecule has 0 bridgehead atoms. The predicted octanol–water partition coefficient (Wildman–Crippen LogP) is 0.874. The molecule has 0 amide bonds. The molecule has 1 aliphatic heterocycles. The lowest BCUT2D eigenvalue weighted by Gasteiger charge is -2.26. The SMILES string of the molecule is CC(C)=CCNCCN1CCOCC1. The van der Waals surface area contributed by atoms with Crippen LogP contribution in [-0.4, -0.2) is 50.8 Å². The molecule has 14 heavy (non-hydrogen) atoms. The van der Waals surface area contributed by atoms with E-state index in [0.29, 0.717) is 0 Å². The van der Waals surface area contributed by atoms with E-state index in [4.69, 9.17) is 4.74 Å². The Morgan fingerprint density at radius 1 is 1.36 bits per heavy atom. The first kappa shape index (κ1) is 11.7. The number of allylic oxidation sites excluding steroid dienone is 1. The third-order valence-electron chi connectivity index (χ3n) is 2.36. The van der Waals surface area contributed by atoms with Gasteiger partial charge in [-0.05, 0) is 13.8 Å². The summed E-state index contributed by atoms with van der Waals surface area (Å²) in [4.78, 5) is 2.44. The van der Waals surface area contributed by atoms with Gasteiger partial charge in [-0.15, -0.1) is 0 Å². The van der Waals surface area contributed by atoms with E-state index in [1.807, 2.05) is 0 Å². The average Bonchev–Trinajstić information content (AvgIpc) is 2.18. The molecule has 0 unspecified atom stereocenters. The van der Waals surface area contributed by atoms with E-state index < -0.39 is 0 Å². The highest BCUT2D eigenvalue weighted by atomic mass is 16.5. The molecular formula is C11H22N2O. The number of hydrogen-bond acceptors (Lipinski definition) is 3. The molecule has 1 saturated heterocycles. The van der Waals surface area contributed by atoms with Gasteiger partial charge in [-0.3, -0.25) is 4.90 Å². The molecule has 0 aromatic carbocycles. The highest BCUT2D eigenvalue weighted by Gasteiger charge is 2.08. The minimum Gasteiger partial charge on any atom is -0.379 e. The molecule has 82 valence electrons. The zero-order chi connectivity index (χ0) is 10.2. The maximum absolute atomic E-state index is 5.29. The van der Waals surface area contributed by atoms with Crippen molar-refractivity contribution < 1.29 is 4.74 Å². The Morgan fingerprint density at radius 3 is 2.71 bits per heavy atom. The summed E-state index contributed by atoms with van der Waals surface area (Å²) in [6.07, 6.45) is 2.22. The van der Waals surface area contributed by atoms with Crippen molar-refractivity contribution >= 4 is 0 Å². The van der Waals surface area contributed by atoms with Crippen molar-refractivity contribution in [1.82, 2.24) is 10.2 Å². The van der Waals surface area contributed by atoms with E-state index in [2.05, 4.69) is 30.1 Å². The third kappa shape index (κ3) is 5.37. The summed E-state index contributed by atoms with van der Waals surface area (Å²) in [5.41, 5.74) is 1.38. The molecule has 3 nitrogen and oxygen atoms in total. The minimum absolute atomic E-state index is 0.897. The van der Waals surface area contributed by atoms with E-state index in [1.165, 1.54) is 5.57 Å². The Bertz CT molecular complexity index is 170. The van der Waals surface area contributed by atoms with Crippen molar-refractivity contribution in [2.45, 2.75) is 13.8 Å². The van der Waals surface area contributed by atoms with Gasteiger partial charge in [0.15, 0.2) is 0 Å². The minimum atomic E-state index is 0.897. The lowest BCUT2D eigenvalue weighted by atomic mass is 10.3. The van der Waals surface area contributed by atoms with Gasteiger partial charge in [-0.2, -0.15) is 0 Å². The summed E-state index contributed by atoms with van der Waals surface area (Å²) in [6.45, 7) is 11.4. The van der Waals surface area contributed by atoms with Crippen LogP contribution in [0.3, 0.4) is 0 Å². The second kappa shape index (κ2) is 6.98. The van der Waals surface area contributed by atoms with Gasteiger partial charge >= 0.3 is 0 Å². The second-order valence-electron chi connectivity index (χ2n) is 3.94. The van der Waals surface area contributed by atoms with Crippen LogP contribution in [0.1, 0.15) is 13.8 Å². The van der Waals surface area contributed by atoms with E-state index in [1.54, 1.807) is 0 Å². The van der Waals surface area contributed by atoms with Crippen LogP contribution in [0.15, 0.2) is 11.6 Å². The third-order valence-corrected chi connectivity index (χ3v) is 2.36. The summed E-state index contributed by atoms with van der Waals surface area (Å²) < 4.78 is 5.29. The average molecular weight is 198 g/mol. The molecule has 1 aliphatic rings. The van der Waals surface area contributed by atoms with Crippen molar-refractivity contribution in [2.75, 3.05) is 45.9 Å². The topological polar surface area (TPSA) is 24.5 Å². The van der Waals surface area contributed by atoms with Crippen LogP contribution >= 0.6 is 0 Å². The van der Waals surface area contributed by atoms with Crippen LogP contribution in [-0.2, 0) is 4.74 Å². The van der Waals surface area contributed by atoms with Gasteiger partial charge in [0.05, 0.1) is 13.2 Å². The van der Waals surface area contributed by atoms with Crippen LogP contribution < -0.4 is 5.32 Å². The van der Waals surface area contributed by atoms with Gasteiger partial charge in [0.1, 0.15) is 0 Å². The van der Waals surface area contributed by atoms with Crippen molar-refractivity contribution in [2.24, 2.45) is 0 Å². The molecule has 0 aliphatic carbocycles. The Labute approximate surface area is 87.1 Å². The highest BCUT2D eigenvalue weighted by molar-refractivity contribution is 4.94. The molecule has 0 aromatic rings. The molecule has 3 heteroatoms. The predicted molar refractivity (Wildman–Crippen MR) is 59.6 cm³/mol. The molecule has 1 fully saturated rings. The maximum Gasteiger partial charge on any atom is 0.0594 e. The van der Waals surface area contributed by atoms with Gasteiger partial charge in [0, 0.05) is 32.7 Å². The van der Waals surface area contributed by atoms with Gasteiger partial charge in [-0.1, -0.05) is 11.6 Å². The molecule has 0 saturated carbocycles. The molecule has 1 heterocycles. The fourth-order valence-corrected chi connectivity index (χ4v) is 1.44. The lowest BCUT2D eigenvalue weighted by molar-refractivity contribution is 0.0385. The van der Waals surface area contributed by atoms with E-state index >= 15 is 0 Å². The molecule has 0 spiro atoms. The summed E-state index contributed by atoms with van der Waals surface area (Å²) in [5, 5.41) is 3.41. The Hall–Kier alpha value is -0.380. The van der Waals surface area contributed by atoms with E-state index in [0.717, 1.165) is 45.9 Å². The number of morpholine rings is 1. The quantitative estimate of drug-likeness (QED) is 0.524. The molecule has 0 radical (unpaired) electrons. The molecule has 0 aromatic heterocycles. The molecular weight excluding hydrogens is 176 g/mol. The number of ether oxygens (including phenoxy) is 1. The molecule has 1 rings (SSSR count). The van der Waals surface area contributed by atoms with Gasteiger partial charge < -0.3 is 10.1 Å². The zero-order valence-electron chi connectivity index (χ0n) is 9.38. The van der Waals surface area contributed by atoms with E-state index in [-0.39, 0.29) is 0 Å². The van der Waals surface area contributed by atoms with Crippen molar-refractivity contribution in [1.29, 1.82) is 0 Å². The summed E-state index contributed by atoms with van der Waals surface area (Å²) in [7, 11) is 0. The highest BCUT2D eigenvalue weighted by Crippen LogP contribution is 1.94. The number of hydrogen-bond donors (Lipinski definition) is 1. The molecule has 1 N–H and O–H groups in total. The van der Waals surface area contributed by atoms with Crippen LogP contribution in [0.25, 0.3) is 0 Å². The van der Waals surface area contributed by atoms with Crippen LogP contribution in [0.5, 0.6) is 0 Å².